The number of amides is 1. The van der Waals surface area contributed by atoms with Gasteiger partial charge in [0.05, 0.1) is 5.02 Å². The first-order chi connectivity index (χ1) is 13.2. The number of carbonyl (C=O) groups excluding carboxylic acids is 1. The topological polar surface area (TPSA) is 20.3 Å². The van der Waals surface area contributed by atoms with Gasteiger partial charge >= 0.3 is 0 Å². The highest BCUT2D eigenvalue weighted by atomic mass is 35.5. The molecule has 0 aliphatic rings. The first kappa shape index (κ1) is 17.8. The summed E-state index contributed by atoms with van der Waals surface area (Å²) in [6, 6.07) is 28.0. The fourth-order valence-electron chi connectivity index (χ4n) is 3.10. The van der Waals surface area contributed by atoms with Gasteiger partial charge in [-0.1, -0.05) is 90.5 Å². The highest BCUT2D eigenvalue weighted by Crippen LogP contribution is 2.36. The van der Waals surface area contributed by atoms with E-state index in [1.54, 1.807) is 0 Å². The number of benzene rings is 3. The second kappa shape index (κ2) is 7.95. The van der Waals surface area contributed by atoms with Gasteiger partial charge < -0.3 is 4.90 Å². The molecule has 4 rings (SSSR count). The number of thiophene rings is 1. The molecule has 1 amide bonds. The van der Waals surface area contributed by atoms with E-state index in [0.717, 1.165) is 21.2 Å². The van der Waals surface area contributed by atoms with Gasteiger partial charge in [0.25, 0.3) is 5.91 Å². The summed E-state index contributed by atoms with van der Waals surface area (Å²) in [5, 5.41) is 1.48. The average Bonchev–Trinajstić information content (AvgIpc) is 3.05. The minimum atomic E-state index is -0.0334. The predicted molar refractivity (Wildman–Crippen MR) is 113 cm³/mol. The molecule has 0 aliphatic carbocycles. The van der Waals surface area contributed by atoms with Gasteiger partial charge in [-0.25, -0.2) is 0 Å². The zero-order chi connectivity index (χ0) is 18.6. The first-order valence-electron chi connectivity index (χ1n) is 8.76. The average molecular weight is 392 g/mol. The number of rotatable bonds is 5. The number of hydrogen-bond donors (Lipinski definition) is 0. The van der Waals surface area contributed by atoms with E-state index < -0.39 is 0 Å². The van der Waals surface area contributed by atoms with Crippen LogP contribution in [0.25, 0.3) is 10.1 Å². The first-order valence-corrected chi connectivity index (χ1v) is 9.96. The molecule has 134 valence electrons. The Kier molecular flexibility index (Phi) is 5.23. The van der Waals surface area contributed by atoms with E-state index in [4.69, 9.17) is 11.6 Å². The zero-order valence-corrected chi connectivity index (χ0v) is 16.2. The Morgan fingerprint density at radius 2 is 1.30 bits per heavy atom. The van der Waals surface area contributed by atoms with Crippen molar-refractivity contribution < 1.29 is 4.79 Å². The number of fused-ring (bicyclic) bond motifs is 1. The Hall–Kier alpha value is -2.62. The van der Waals surface area contributed by atoms with Gasteiger partial charge in [0, 0.05) is 23.2 Å². The summed E-state index contributed by atoms with van der Waals surface area (Å²) in [6.07, 6.45) is 0. The standard InChI is InChI=1S/C23H18ClNOS/c24-21-19-13-7-8-14-20(19)27-22(21)23(26)25(15-17-9-3-1-4-10-17)16-18-11-5-2-6-12-18/h1-14H,15-16H2. The largest absolute Gasteiger partial charge is 0.329 e. The highest BCUT2D eigenvalue weighted by molar-refractivity contribution is 7.21. The Labute approximate surface area is 167 Å². The van der Waals surface area contributed by atoms with Crippen molar-refractivity contribution in [2.24, 2.45) is 0 Å². The second-order valence-corrected chi connectivity index (χ2v) is 7.80. The zero-order valence-electron chi connectivity index (χ0n) is 14.6. The van der Waals surface area contributed by atoms with Crippen LogP contribution in [-0.4, -0.2) is 10.8 Å². The van der Waals surface area contributed by atoms with Crippen molar-refractivity contribution >= 4 is 38.9 Å². The summed E-state index contributed by atoms with van der Waals surface area (Å²) in [5.41, 5.74) is 2.19. The molecule has 0 N–H and O–H groups in total. The summed E-state index contributed by atoms with van der Waals surface area (Å²) in [5.74, 6) is -0.0334. The van der Waals surface area contributed by atoms with E-state index >= 15 is 0 Å². The third kappa shape index (κ3) is 3.90. The number of nitrogens with zero attached hydrogens (tertiary/aromatic N) is 1. The van der Waals surface area contributed by atoms with Crippen molar-refractivity contribution in [2.75, 3.05) is 0 Å². The fraction of sp³-hybridized carbons (Fsp3) is 0.0870. The van der Waals surface area contributed by atoms with Gasteiger partial charge in [-0.15, -0.1) is 11.3 Å². The van der Waals surface area contributed by atoms with E-state index in [0.29, 0.717) is 23.0 Å². The molecule has 4 aromatic rings. The van der Waals surface area contributed by atoms with Crippen molar-refractivity contribution in [3.8, 4) is 0 Å². The molecule has 0 fully saturated rings. The SMILES string of the molecule is O=C(c1sc2ccccc2c1Cl)N(Cc1ccccc1)Cc1ccccc1. The van der Waals surface area contributed by atoms with Gasteiger partial charge in [0.2, 0.25) is 0 Å². The molecule has 0 unspecified atom stereocenters. The summed E-state index contributed by atoms with van der Waals surface area (Å²) in [4.78, 5) is 15.9. The molecule has 0 aliphatic heterocycles. The number of carbonyl (C=O) groups is 1. The number of hydrogen-bond acceptors (Lipinski definition) is 2. The van der Waals surface area contributed by atoms with Crippen LogP contribution >= 0.6 is 22.9 Å². The monoisotopic (exact) mass is 391 g/mol. The van der Waals surface area contributed by atoms with Gasteiger partial charge in [0.15, 0.2) is 0 Å². The predicted octanol–water partition coefficient (Wildman–Crippen LogP) is 6.40. The minimum absolute atomic E-state index is 0.0334. The number of halogens is 1. The fourth-order valence-corrected chi connectivity index (χ4v) is 4.58. The third-order valence-corrected chi connectivity index (χ3v) is 6.11. The van der Waals surface area contributed by atoms with Gasteiger partial charge in [-0.2, -0.15) is 0 Å². The molecule has 0 spiro atoms. The van der Waals surface area contributed by atoms with E-state index in [1.807, 2.05) is 89.8 Å². The van der Waals surface area contributed by atoms with Crippen LogP contribution in [-0.2, 0) is 13.1 Å². The maximum Gasteiger partial charge on any atom is 0.266 e. The summed E-state index contributed by atoms with van der Waals surface area (Å²) < 4.78 is 1.03. The minimum Gasteiger partial charge on any atom is -0.329 e. The van der Waals surface area contributed by atoms with Crippen molar-refractivity contribution in [3.63, 3.8) is 0 Å². The molecule has 0 bridgehead atoms. The van der Waals surface area contributed by atoms with Crippen molar-refractivity contribution in [3.05, 3.63) is 106 Å². The van der Waals surface area contributed by atoms with Crippen molar-refractivity contribution in [2.45, 2.75) is 13.1 Å². The van der Waals surface area contributed by atoms with Crippen LogP contribution in [0, 0.1) is 0 Å². The highest BCUT2D eigenvalue weighted by Gasteiger charge is 2.23. The van der Waals surface area contributed by atoms with Crippen LogP contribution in [0.3, 0.4) is 0 Å². The Morgan fingerprint density at radius 3 is 1.85 bits per heavy atom. The lowest BCUT2D eigenvalue weighted by Gasteiger charge is -2.23. The van der Waals surface area contributed by atoms with Crippen molar-refractivity contribution in [1.29, 1.82) is 0 Å². The summed E-state index contributed by atoms with van der Waals surface area (Å²) in [7, 11) is 0. The molecule has 0 atom stereocenters. The molecule has 1 heterocycles. The van der Waals surface area contributed by atoms with Crippen LogP contribution in [0.2, 0.25) is 5.02 Å². The molecule has 0 saturated heterocycles. The Balaban J connectivity index is 1.69. The van der Waals surface area contributed by atoms with Gasteiger partial charge in [0.1, 0.15) is 4.88 Å². The van der Waals surface area contributed by atoms with Crippen LogP contribution in [0.15, 0.2) is 84.9 Å². The maximum absolute atomic E-state index is 13.4. The van der Waals surface area contributed by atoms with E-state index in [-0.39, 0.29) is 5.91 Å². The third-order valence-electron chi connectivity index (χ3n) is 4.45. The van der Waals surface area contributed by atoms with Crippen molar-refractivity contribution in [1.82, 2.24) is 4.90 Å². The van der Waals surface area contributed by atoms with Gasteiger partial charge in [-0.05, 0) is 17.2 Å². The Morgan fingerprint density at radius 1 is 0.778 bits per heavy atom. The smallest absolute Gasteiger partial charge is 0.266 e. The molecular formula is C23H18ClNOS. The molecule has 0 saturated carbocycles. The normalized spacial score (nSPS) is 10.9. The quantitative estimate of drug-likeness (QED) is 0.385. The molecular weight excluding hydrogens is 374 g/mol. The lowest BCUT2D eigenvalue weighted by Crippen LogP contribution is -2.29. The molecule has 3 aromatic carbocycles. The molecule has 27 heavy (non-hydrogen) atoms. The molecule has 0 radical (unpaired) electrons. The summed E-state index contributed by atoms with van der Waals surface area (Å²) >= 11 is 8.02. The van der Waals surface area contributed by atoms with Crippen LogP contribution in [0.1, 0.15) is 20.8 Å². The van der Waals surface area contributed by atoms with Crippen LogP contribution < -0.4 is 0 Å². The maximum atomic E-state index is 13.4. The second-order valence-electron chi connectivity index (χ2n) is 6.37. The Bertz CT molecular complexity index is 1020. The lowest BCUT2D eigenvalue weighted by atomic mass is 10.1. The molecule has 1 aromatic heterocycles. The van der Waals surface area contributed by atoms with Gasteiger partial charge in [-0.3, -0.25) is 4.79 Å². The van der Waals surface area contributed by atoms with Crippen LogP contribution in [0.5, 0.6) is 0 Å². The van der Waals surface area contributed by atoms with E-state index in [2.05, 4.69) is 0 Å². The molecule has 2 nitrogen and oxygen atoms in total. The van der Waals surface area contributed by atoms with E-state index in [9.17, 15) is 4.79 Å². The van der Waals surface area contributed by atoms with E-state index in [1.165, 1.54) is 11.3 Å². The van der Waals surface area contributed by atoms with Crippen LogP contribution in [0.4, 0.5) is 0 Å². The summed E-state index contributed by atoms with van der Waals surface area (Å²) in [6.45, 7) is 1.08. The lowest BCUT2D eigenvalue weighted by molar-refractivity contribution is 0.0735. The molecule has 4 heteroatoms.